The van der Waals surface area contributed by atoms with Gasteiger partial charge in [0.15, 0.2) is 6.29 Å². The standard InChI is InChI=1S/C10H9ClO3/c1-14-10-3-2-8(11)4-9(10)7(5-12)6-13/h2-6,12H,1H3/b7-5+. The number of halogens is 1. The third-order valence-electron chi connectivity index (χ3n) is 1.74. The van der Waals surface area contributed by atoms with E-state index in [1.807, 2.05) is 0 Å². The van der Waals surface area contributed by atoms with Crippen LogP contribution in [0.2, 0.25) is 5.02 Å². The first-order valence-corrected chi connectivity index (χ1v) is 4.24. The van der Waals surface area contributed by atoms with Crippen LogP contribution in [-0.4, -0.2) is 18.5 Å². The maximum absolute atomic E-state index is 10.6. The number of allylic oxidation sites excluding steroid dienone is 1. The molecule has 0 fully saturated rings. The molecule has 0 bridgehead atoms. The molecular weight excluding hydrogens is 204 g/mol. The molecular formula is C10H9ClO3. The van der Waals surface area contributed by atoms with E-state index in [1.54, 1.807) is 18.2 Å². The van der Waals surface area contributed by atoms with Crippen molar-refractivity contribution in [1.29, 1.82) is 0 Å². The highest BCUT2D eigenvalue weighted by molar-refractivity contribution is 6.31. The van der Waals surface area contributed by atoms with Gasteiger partial charge in [-0.05, 0) is 18.2 Å². The van der Waals surface area contributed by atoms with E-state index in [0.717, 1.165) is 6.26 Å². The predicted molar refractivity (Wildman–Crippen MR) is 54.7 cm³/mol. The Bertz CT molecular complexity index is 372. The molecule has 14 heavy (non-hydrogen) atoms. The molecule has 1 rings (SSSR count). The van der Waals surface area contributed by atoms with Crippen LogP contribution in [0.5, 0.6) is 5.75 Å². The lowest BCUT2D eigenvalue weighted by atomic mass is 10.1. The lowest BCUT2D eigenvalue weighted by Crippen LogP contribution is -1.92. The summed E-state index contributed by atoms with van der Waals surface area (Å²) in [6.07, 6.45) is 1.26. The average Bonchev–Trinajstić information content (AvgIpc) is 2.20. The van der Waals surface area contributed by atoms with E-state index >= 15 is 0 Å². The molecule has 0 amide bonds. The van der Waals surface area contributed by atoms with E-state index in [-0.39, 0.29) is 5.57 Å². The molecule has 0 radical (unpaired) electrons. The minimum atomic E-state index is 0.129. The Balaban J connectivity index is 3.29. The Morgan fingerprint density at radius 1 is 1.57 bits per heavy atom. The lowest BCUT2D eigenvalue weighted by molar-refractivity contribution is -0.103. The summed E-state index contributed by atoms with van der Waals surface area (Å²) < 4.78 is 5.02. The summed E-state index contributed by atoms with van der Waals surface area (Å²) in [4.78, 5) is 10.6. The van der Waals surface area contributed by atoms with Gasteiger partial charge in [-0.1, -0.05) is 11.6 Å². The number of methoxy groups -OCH3 is 1. The first-order valence-electron chi connectivity index (χ1n) is 3.86. The summed E-state index contributed by atoms with van der Waals surface area (Å²) in [6, 6.07) is 4.82. The van der Waals surface area contributed by atoms with Gasteiger partial charge in [-0.25, -0.2) is 0 Å². The van der Waals surface area contributed by atoms with E-state index in [0.29, 0.717) is 22.6 Å². The molecule has 0 saturated heterocycles. The van der Waals surface area contributed by atoms with Gasteiger partial charge in [0.2, 0.25) is 0 Å². The molecule has 74 valence electrons. The maximum atomic E-state index is 10.6. The molecule has 0 unspecified atom stereocenters. The van der Waals surface area contributed by atoms with Gasteiger partial charge in [-0.3, -0.25) is 4.79 Å². The molecule has 1 aromatic rings. The quantitative estimate of drug-likeness (QED) is 0.476. The SMILES string of the molecule is COc1ccc(Cl)cc1/C(C=O)=C/O. The van der Waals surface area contributed by atoms with Crippen molar-refractivity contribution in [3.05, 3.63) is 35.0 Å². The van der Waals surface area contributed by atoms with Crippen LogP contribution < -0.4 is 4.74 Å². The fraction of sp³-hybridized carbons (Fsp3) is 0.100. The monoisotopic (exact) mass is 212 g/mol. The molecule has 4 heteroatoms. The van der Waals surface area contributed by atoms with Gasteiger partial charge in [0, 0.05) is 10.6 Å². The summed E-state index contributed by atoms with van der Waals surface area (Å²) >= 11 is 5.75. The molecule has 0 aliphatic rings. The Morgan fingerprint density at radius 3 is 2.79 bits per heavy atom. The normalized spacial score (nSPS) is 11.1. The number of hydrogen-bond acceptors (Lipinski definition) is 3. The Kier molecular flexibility index (Phi) is 3.54. The number of carbonyl (C=O) groups excluding carboxylic acids is 1. The van der Waals surface area contributed by atoms with E-state index in [4.69, 9.17) is 21.4 Å². The predicted octanol–water partition coefficient (Wildman–Crippen LogP) is 2.45. The van der Waals surface area contributed by atoms with Crippen molar-refractivity contribution in [3.8, 4) is 5.75 Å². The van der Waals surface area contributed by atoms with Gasteiger partial charge in [0.1, 0.15) is 5.75 Å². The summed E-state index contributed by atoms with van der Waals surface area (Å²) in [5.41, 5.74) is 0.599. The van der Waals surface area contributed by atoms with Gasteiger partial charge in [-0.2, -0.15) is 0 Å². The van der Waals surface area contributed by atoms with E-state index in [9.17, 15) is 4.79 Å². The van der Waals surface area contributed by atoms with Gasteiger partial charge in [-0.15, -0.1) is 0 Å². The topological polar surface area (TPSA) is 46.5 Å². The second-order valence-corrected chi connectivity index (χ2v) is 2.98. The first-order chi connectivity index (χ1) is 6.72. The van der Waals surface area contributed by atoms with Crippen LogP contribution in [0.4, 0.5) is 0 Å². The van der Waals surface area contributed by atoms with Crippen molar-refractivity contribution < 1.29 is 14.6 Å². The molecule has 0 spiro atoms. The Hall–Kier alpha value is -1.48. The zero-order valence-corrected chi connectivity index (χ0v) is 8.28. The second-order valence-electron chi connectivity index (χ2n) is 2.55. The van der Waals surface area contributed by atoms with Gasteiger partial charge in [0.25, 0.3) is 0 Å². The number of aliphatic hydroxyl groups excluding tert-OH is 1. The summed E-state index contributed by atoms with van der Waals surface area (Å²) in [6.45, 7) is 0. The highest BCUT2D eigenvalue weighted by Crippen LogP contribution is 2.27. The van der Waals surface area contributed by atoms with E-state index in [2.05, 4.69) is 0 Å². The highest BCUT2D eigenvalue weighted by atomic mass is 35.5. The Morgan fingerprint density at radius 2 is 2.29 bits per heavy atom. The van der Waals surface area contributed by atoms with E-state index in [1.165, 1.54) is 7.11 Å². The van der Waals surface area contributed by atoms with Gasteiger partial charge < -0.3 is 9.84 Å². The number of carbonyl (C=O) groups is 1. The largest absolute Gasteiger partial charge is 0.515 e. The summed E-state index contributed by atoms with van der Waals surface area (Å²) in [5, 5.41) is 9.27. The molecule has 1 aromatic carbocycles. The summed E-state index contributed by atoms with van der Waals surface area (Å²) in [7, 11) is 1.48. The molecule has 0 aromatic heterocycles. The third kappa shape index (κ3) is 2.06. The van der Waals surface area contributed by atoms with Crippen molar-refractivity contribution in [2.75, 3.05) is 7.11 Å². The zero-order valence-electron chi connectivity index (χ0n) is 7.53. The van der Waals surface area contributed by atoms with Crippen LogP contribution in [0.3, 0.4) is 0 Å². The van der Waals surface area contributed by atoms with Crippen molar-refractivity contribution in [3.63, 3.8) is 0 Å². The van der Waals surface area contributed by atoms with Crippen LogP contribution in [0.1, 0.15) is 5.56 Å². The van der Waals surface area contributed by atoms with Crippen LogP contribution in [0.15, 0.2) is 24.5 Å². The molecule has 1 N–H and O–H groups in total. The smallest absolute Gasteiger partial charge is 0.153 e. The van der Waals surface area contributed by atoms with Crippen molar-refractivity contribution in [1.82, 2.24) is 0 Å². The zero-order chi connectivity index (χ0) is 10.6. The van der Waals surface area contributed by atoms with Gasteiger partial charge in [0.05, 0.1) is 18.9 Å². The fourth-order valence-electron chi connectivity index (χ4n) is 1.07. The number of aliphatic hydroxyl groups is 1. The lowest BCUT2D eigenvalue weighted by Gasteiger charge is -2.07. The summed E-state index contributed by atoms with van der Waals surface area (Å²) in [5.74, 6) is 0.488. The van der Waals surface area contributed by atoms with E-state index < -0.39 is 0 Å². The van der Waals surface area contributed by atoms with Crippen LogP contribution >= 0.6 is 11.6 Å². The molecule has 0 saturated carbocycles. The number of benzene rings is 1. The highest BCUT2D eigenvalue weighted by Gasteiger charge is 2.08. The average molecular weight is 213 g/mol. The van der Waals surface area contributed by atoms with Gasteiger partial charge >= 0.3 is 0 Å². The fourth-order valence-corrected chi connectivity index (χ4v) is 1.24. The van der Waals surface area contributed by atoms with Crippen LogP contribution in [0, 0.1) is 0 Å². The number of ether oxygens (including phenoxy) is 1. The number of rotatable bonds is 3. The van der Waals surface area contributed by atoms with Crippen molar-refractivity contribution in [2.24, 2.45) is 0 Å². The van der Waals surface area contributed by atoms with Crippen LogP contribution in [-0.2, 0) is 4.79 Å². The van der Waals surface area contributed by atoms with Crippen molar-refractivity contribution in [2.45, 2.75) is 0 Å². The molecule has 3 nitrogen and oxygen atoms in total. The molecule has 0 heterocycles. The number of hydrogen-bond donors (Lipinski definition) is 1. The first kappa shape index (κ1) is 10.6. The molecule has 0 aliphatic heterocycles. The second kappa shape index (κ2) is 4.67. The maximum Gasteiger partial charge on any atom is 0.153 e. The minimum absolute atomic E-state index is 0.129. The van der Waals surface area contributed by atoms with Crippen molar-refractivity contribution >= 4 is 23.5 Å². The molecule has 0 atom stereocenters. The number of aldehydes is 1. The minimum Gasteiger partial charge on any atom is -0.515 e. The molecule has 0 aliphatic carbocycles. The third-order valence-corrected chi connectivity index (χ3v) is 1.97. The Labute approximate surface area is 86.6 Å². The van der Waals surface area contributed by atoms with Crippen LogP contribution in [0.25, 0.3) is 5.57 Å².